The number of ether oxygens (including phenoxy) is 2. The Balaban J connectivity index is 1.34. The predicted molar refractivity (Wildman–Crippen MR) is 108 cm³/mol. The third-order valence-corrected chi connectivity index (χ3v) is 6.52. The maximum atomic E-state index is 13.8. The van der Waals surface area contributed by atoms with E-state index in [2.05, 4.69) is 6.92 Å². The number of nitrogens with zero attached hydrogens (tertiary/aromatic N) is 1. The second-order valence-corrected chi connectivity index (χ2v) is 8.68. The molecule has 3 nitrogen and oxygen atoms in total. The van der Waals surface area contributed by atoms with Gasteiger partial charge in [0, 0.05) is 11.5 Å². The SMILES string of the molecule is CCCCC[C@H]1CC[C@H](CC[C@H]2CO[C@H](c3ccc(C#N)c(F)c3)OC2)CC1. The first-order chi connectivity index (χ1) is 13.7. The Hall–Kier alpha value is -1.44. The number of unbranched alkanes of at least 4 members (excludes halogenated alkanes) is 2. The molecule has 4 heteroatoms. The van der Waals surface area contributed by atoms with Gasteiger partial charge in [0.05, 0.1) is 18.8 Å². The third kappa shape index (κ3) is 6.03. The summed E-state index contributed by atoms with van der Waals surface area (Å²) in [5.41, 5.74) is 0.703. The summed E-state index contributed by atoms with van der Waals surface area (Å²) in [5, 5.41) is 8.83. The number of hydrogen-bond donors (Lipinski definition) is 0. The molecular weight excluding hydrogens is 353 g/mol. The Morgan fingerprint density at radius 3 is 2.21 bits per heavy atom. The molecule has 0 unspecified atom stereocenters. The number of nitriles is 1. The summed E-state index contributed by atoms with van der Waals surface area (Å²) in [6.07, 6.45) is 13.1. The minimum atomic E-state index is -0.517. The first kappa shape index (κ1) is 21.3. The van der Waals surface area contributed by atoms with Crippen LogP contribution >= 0.6 is 0 Å². The van der Waals surface area contributed by atoms with Crippen LogP contribution in [0.15, 0.2) is 18.2 Å². The molecule has 1 aliphatic carbocycles. The Morgan fingerprint density at radius 2 is 1.61 bits per heavy atom. The van der Waals surface area contributed by atoms with E-state index in [0.29, 0.717) is 24.7 Å². The van der Waals surface area contributed by atoms with Crippen LogP contribution in [0.25, 0.3) is 0 Å². The van der Waals surface area contributed by atoms with Gasteiger partial charge < -0.3 is 9.47 Å². The van der Waals surface area contributed by atoms with Crippen molar-refractivity contribution in [3.05, 3.63) is 35.1 Å². The Labute approximate surface area is 169 Å². The van der Waals surface area contributed by atoms with Crippen LogP contribution in [0.3, 0.4) is 0 Å². The molecule has 0 bridgehead atoms. The van der Waals surface area contributed by atoms with Gasteiger partial charge in [-0.05, 0) is 30.4 Å². The Bertz CT molecular complexity index is 640. The molecule has 2 aliphatic rings. The van der Waals surface area contributed by atoms with E-state index in [0.717, 1.165) is 18.3 Å². The van der Waals surface area contributed by atoms with Crippen LogP contribution in [0, 0.1) is 34.9 Å². The van der Waals surface area contributed by atoms with Crippen molar-refractivity contribution in [3.8, 4) is 6.07 Å². The average Bonchev–Trinajstić information content (AvgIpc) is 2.74. The quantitative estimate of drug-likeness (QED) is 0.476. The van der Waals surface area contributed by atoms with Crippen molar-refractivity contribution in [2.24, 2.45) is 17.8 Å². The van der Waals surface area contributed by atoms with Crippen LogP contribution in [-0.2, 0) is 9.47 Å². The highest BCUT2D eigenvalue weighted by Gasteiger charge is 2.26. The molecule has 0 radical (unpaired) electrons. The van der Waals surface area contributed by atoms with E-state index < -0.39 is 12.1 Å². The van der Waals surface area contributed by atoms with E-state index in [-0.39, 0.29) is 5.56 Å². The molecule has 0 amide bonds. The van der Waals surface area contributed by atoms with Crippen molar-refractivity contribution in [2.45, 2.75) is 77.4 Å². The second-order valence-electron chi connectivity index (χ2n) is 8.68. The fourth-order valence-electron chi connectivity index (χ4n) is 4.63. The van der Waals surface area contributed by atoms with Crippen LogP contribution in [0.4, 0.5) is 4.39 Å². The summed E-state index contributed by atoms with van der Waals surface area (Å²) in [6.45, 7) is 3.61. The molecule has 1 saturated heterocycles. The molecule has 0 N–H and O–H groups in total. The Morgan fingerprint density at radius 1 is 0.964 bits per heavy atom. The predicted octanol–water partition coefficient (Wildman–Crippen LogP) is 6.53. The lowest BCUT2D eigenvalue weighted by molar-refractivity contribution is -0.206. The van der Waals surface area contributed by atoms with Crippen molar-refractivity contribution < 1.29 is 13.9 Å². The molecule has 1 aromatic rings. The van der Waals surface area contributed by atoms with Crippen LogP contribution in [-0.4, -0.2) is 13.2 Å². The molecule has 28 heavy (non-hydrogen) atoms. The molecule has 1 heterocycles. The van der Waals surface area contributed by atoms with Crippen molar-refractivity contribution in [2.75, 3.05) is 13.2 Å². The number of hydrogen-bond acceptors (Lipinski definition) is 3. The molecular formula is C24H34FNO2. The van der Waals surface area contributed by atoms with Gasteiger partial charge in [-0.2, -0.15) is 5.26 Å². The van der Waals surface area contributed by atoms with Crippen LogP contribution in [0.5, 0.6) is 0 Å². The second kappa shape index (κ2) is 10.9. The summed E-state index contributed by atoms with van der Waals surface area (Å²) in [4.78, 5) is 0. The van der Waals surface area contributed by atoms with Crippen LogP contribution in [0.1, 0.15) is 88.5 Å². The van der Waals surface area contributed by atoms with Crippen molar-refractivity contribution in [1.82, 2.24) is 0 Å². The highest BCUT2D eigenvalue weighted by Crippen LogP contribution is 2.36. The number of halogens is 1. The van der Waals surface area contributed by atoms with Gasteiger partial charge in [-0.3, -0.25) is 0 Å². The molecule has 1 aliphatic heterocycles. The van der Waals surface area contributed by atoms with Gasteiger partial charge in [-0.1, -0.05) is 70.8 Å². The molecule has 1 saturated carbocycles. The van der Waals surface area contributed by atoms with Gasteiger partial charge in [0.1, 0.15) is 11.9 Å². The Kier molecular flexibility index (Phi) is 8.30. The average molecular weight is 388 g/mol. The summed E-state index contributed by atoms with van der Waals surface area (Å²) in [7, 11) is 0. The number of rotatable bonds is 8. The fourth-order valence-corrected chi connectivity index (χ4v) is 4.63. The normalized spacial score (nSPS) is 28.0. The van der Waals surface area contributed by atoms with E-state index in [1.807, 2.05) is 6.07 Å². The first-order valence-corrected chi connectivity index (χ1v) is 11.1. The fraction of sp³-hybridized carbons (Fsp3) is 0.708. The van der Waals surface area contributed by atoms with E-state index >= 15 is 0 Å². The molecule has 2 fully saturated rings. The minimum absolute atomic E-state index is 0.0533. The lowest BCUT2D eigenvalue weighted by atomic mass is 9.77. The zero-order valence-electron chi connectivity index (χ0n) is 17.2. The van der Waals surface area contributed by atoms with Gasteiger partial charge in [-0.15, -0.1) is 0 Å². The van der Waals surface area contributed by atoms with Crippen LogP contribution in [0.2, 0.25) is 0 Å². The monoisotopic (exact) mass is 387 g/mol. The van der Waals surface area contributed by atoms with Crippen molar-refractivity contribution >= 4 is 0 Å². The maximum absolute atomic E-state index is 13.8. The first-order valence-electron chi connectivity index (χ1n) is 11.1. The molecule has 1 aromatic carbocycles. The van der Waals surface area contributed by atoms with Crippen molar-refractivity contribution in [3.63, 3.8) is 0 Å². The summed E-state index contributed by atoms with van der Waals surface area (Å²) >= 11 is 0. The highest BCUT2D eigenvalue weighted by atomic mass is 19.1. The standard InChI is InChI=1S/C24H34FNO2/c1-2-3-4-5-18-6-8-19(9-7-18)10-11-20-16-27-24(28-17-20)21-12-13-22(15-26)23(25)14-21/h12-14,18-20,24H,2-11,16-17H2,1H3/t18-,19-,20-,24-. The smallest absolute Gasteiger partial charge is 0.183 e. The zero-order chi connectivity index (χ0) is 19.8. The van der Waals surface area contributed by atoms with Gasteiger partial charge in [-0.25, -0.2) is 4.39 Å². The zero-order valence-corrected chi connectivity index (χ0v) is 17.2. The third-order valence-electron chi connectivity index (χ3n) is 6.52. The summed E-state index contributed by atoms with van der Waals surface area (Å²) < 4.78 is 25.5. The largest absolute Gasteiger partial charge is 0.348 e. The molecule has 0 spiro atoms. The van der Waals surface area contributed by atoms with Gasteiger partial charge in [0.15, 0.2) is 6.29 Å². The lowest BCUT2D eigenvalue weighted by Crippen LogP contribution is -2.28. The van der Waals surface area contributed by atoms with Gasteiger partial charge in [0.25, 0.3) is 0 Å². The van der Waals surface area contributed by atoms with Gasteiger partial charge in [0.2, 0.25) is 0 Å². The molecule has 0 atom stereocenters. The van der Waals surface area contributed by atoms with Crippen LogP contribution < -0.4 is 0 Å². The summed E-state index contributed by atoms with van der Waals surface area (Å²) in [5.74, 6) is 1.76. The highest BCUT2D eigenvalue weighted by molar-refractivity contribution is 5.33. The minimum Gasteiger partial charge on any atom is -0.348 e. The lowest BCUT2D eigenvalue weighted by Gasteiger charge is -2.32. The van der Waals surface area contributed by atoms with E-state index in [9.17, 15) is 4.39 Å². The molecule has 3 rings (SSSR count). The molecule has 0 aromatic heterocycles. The van der Waals surface area contributed by atoms with Gasteiger partial charge >= 0.3 is 0 Å². The maximum Gasteiger partial charge on any atom is 0.183 e. The van der Waals surface area contributed by atoms with E-state index in [1.165, 1.54) is 69.9 Å². The van der Waals surface area contributed by atoms with E-state index in [1.54, 1.807) is 6.07 Å². The number of benzene rings is 1. The molecule has 154 valence electrons. The van der Waals surface area contributed by atoms with E-state index in [4.69, 9.17) is 14.7 Å². The summed E-state index contributed by atoms with van der Waals surface area (Å²) in [6, 6.07) is 6.39. The van der Waals surface area contributed by atoms with Crippen molar-refractivity contribution in [1.29, 1.82) is 5.26 Å². The topological polar surface area (TPSA) is 42.2 Å².